The lowest BCUT2D eigenvalue weighted by molar-refractivity contribution is 0.0143. The lowest BCUT2D eigenvalue weighted by Gasteiger charge is -2.38. The molecule has 2 N–H and O–H groups in total. The maximum atomic E-state index is 12.1. The SMILES string of the molecule is CC(C)(C)OC(=O)N1CC(Sc2n[nH]c(Nc3c4c(cc5c3CCC5)CCC4)n2)C1. The second-order valence-corrected chi connectivity index (χ2v) is 10.7. The molecule has 2 heterocycles. The Bertz CT molecular complexity index is 942. The van der Waals surface area contributed by atoms with Gasteiger partial charge < -0.3 is 15.0 Å². The van der Waals surface area contributed by atoms with E-state index in [0.717, 1.165) is 18.0 Å². The van der Waals surface area contributed by atoms with Crippen molar-refractivity contribution in [2.24, 2.45) is 0 Å². The molecule has 1 aromatic carbocycles. The van der Waals surface area contributed by atoms with Crippen LogP contribution in [-0.4, -0.2) is 50.1 Å². The van der Waals surface area contributed by atoms with E-state index in [1.165, 1.54) is 53.6 Å². The lowest BCUT2D eigenvalue weighted by atomic mass is 9.99. The first kappa shape index (κ1) is 19.7. The first-order valence-corrected chi connectivity index (χ1v) is 11.7. The molecule has 1 fully saturated rings. The number of ether oxygens (including phenoxy) is 1. The molecule has 8 heteroatoms. The number of aryl methyl sites for hydroxylation is 2. The molecule has 5 rings (SSSR count). The Balaban J connectivity index is 1.22. The molecule has 1 saturated heterocycles. The molecular weight excluding hydrogens is 398 g/mol. The lowest BCUT2D eigenvalue weighted by Crippen LogP contribution is -2.53. The van der Waals surface area contributed by atoms with Crippen molar-refractivity contribution in [3.63, 3.8) is 0 Å². The number of hydrogen-bond donors (Lipinski definition) is 2. The van der Waals surface area contributed by atoms with E-state index in [1.54, 1.807) is 16.7 Å². The first-order chi connectivity index (χ1) is 14.4. The van der Waals surface area contributed by atoms with Crippen LogP contribution in [-0.2, 0) is 30.4 Å². The zero-order chi connectivity index (χ0) is 20.9. The molecular formula is C22H29N5O2S. The normalized spacial score (nSPS) is 18.2. The number of aromatic nitrogens is 3. The van der Waals surface area contributed by atoms with Gasteiger partial charge in [-0.3, -0.25) is 0 Å². The minimum atomic E-state index is -0.461. The zero-order valence-corrected chi connectivity index (χ0v) is 18.7. The van der Waals surface area contributed by atoms with Gasteiger partial charge in [0.2, 0.25) is 11.1 Å². The molecule has 160 valence electrons. The number of likely N-dealkylation sites (tertiary alicyclic amines) is 1. The summed E-state index contributed by atoms with van der Waals surface area (Å²) in [7, 11) is 0. The van der Waals surface area contributed by atoms with Crippen molar-refractivity contribution in [2.45, 2.75) is 75.3 Å². The fourth-order valence-corrected chi connectivity index (χ4v) is 5.63. The monoisotopic (exact) mass is 427 g/mol. The molecule has 0 saturated carbocycles. The van der Waals surface area contributed by atoms with Gasteiger partial charge in [-0.25, -0.2) is 9.89 Å². The Morgan fingerprint density at radius 1 is 1.17 bits per heavy atom. The summed E-state index contributed by atoms with van der Waals surface area (Å²) >= 11 is 1.61. The number of anilines is 2. The van der Waals surface area contributed by atoms with Crippen LogP contribution in [0.3, 0.4) is 0 Å². The van der Waals surface area contributed by atoms with Crippen LogP contribution in [0.1, 0.15) is 55.9 Å². The summed E-state index contributed by atoms with van der Waals surface area (Å²) in [6.07, 6.45) is 6.88. The number of nitrogens with one attached hydrogen (secondary N) is 2. The molecule has 2 aliphatic carbocycles. The number of rotatable bonds is 4. The quantitative estimate of drug-likeness (QED) is 0.759. The molecule has 0 spiro atoms. The highest BCUT2D eigenvalue weighted by Gasteiger charge is 2.35. The fraction of sp³-hybridized carbons (Fsp3) is 0.591. The van der Waals surface area contributed by atoms with Crippen molar-refractivity contribution < 1.29 is 9.53 Å². The van der Waals surface area contributed by atoms with Crippen molar-refractivity contribution in [3.05, 3.63) is 28.3 Å². The van der Waals surface area contributed by atoms with Crippen molar-refractivity contribution in [2.75, 3.05) is 18.4 Å². The highest BCUT2D eigenvalue weighted by atomic mass is 32.2. The van der Waals surface area contributed by atoms with E-state index in [1.807, 2.05) is 20.8 Å². The van der Waals surface area contributed by atoms with Gasteiger partial charge in [-0.1, -0.05) is 17.8 Å². The molecule has 2 aromatic rings. The number of carbonyl (C=O) groups is 1. The first-order valence-electron chi connectivity index (χ1n) is 10.9. The molecule has 0 bridgehead atoms. The van der Waals surface area contributed by atoms with Crippen molar-refractivity contribution in [3.8, 4) is 0 Å². The van der Waals surface area contributed by atoms with Crippen LogP contribution < -0.4 is 5.32 Å². The second kappa shape index (κ2) is 7.48. The number of hydrogen-bond acceptors (Lipinski definition) is 6. The van der Waals surface area contributed by atoms with E-state index in [-0.39, 0.29) is 6.09 Å². The third-order valence-corrected chi connectivity index (χ3v) is 6.98. The Morgan fingerprint density at radius 2 is 1.83 bits per heavy atom. The zero-order valence-electron chi connectivity index (χ0n) is 17.9. The van der Waals surface area contributed by atoms with E-state index in [2.05, 4.69) is 26.6 Å². The minimum absolute atomic E-state index is 0.247. The summed E-state index contributed by atoms with van der Waals surface area (Å²) in [4.78, 5) is 18.5. The standard InChI is InChI=1S/C22H29N5O2S/c1-22(2,3)29-21(28)27-11-15(12-27)30-20-24-19(25-26-20)23-18-16-8-4-6-13(16)10-14-7-5-9-17(14)18/h10,15H,4-9,11-12H2,1-3H3,(H2,23,24,25,26). The number of fused-ring (bicyclic) bond motifs is 2. The summed E-state index contributed by atoms with van der Waals surface area (Å²) in [5, 5.41) is 12.0. The van der Waals surface area contributed by atoms with Gasteiger partial charge in [-0.15, -0.1) is 5.10 Å². The number of benzene rings is 1. The Morgan fingerprint density at radius 3 is 2.47 bits per heavy atom. The van der Waals surface area contributed by atoms with Gasteiger partial charge in [0.15, 0.2) is 0 Å². The molecule has 1 amide bonds. The molecule has 0 atom stereocenters. The molecule has 0 unspecified atom stereocenters. The molecule has 1 aliphatic heterocycles. The third-order valence-electron chi connectivity index (χ3n) is 5.95. The highest BCUT2D eigenvalue weighted by Crippen LogP contribution is 2.39. The molecule has 30 heavy (non-hydrogen) atoms. The van der Waals surface area contributed by atoms with Gasteiger partial charge in [0.1, 0.15) is 5.60 Å². The summed E-state index contributed by atoms with van der Waals surface area (Å²) in [6, 6.07) is 2.44. The summed E-state index contributed by atoms with van der Waals surface area (Å²) in [6.45, 7) is 6.98. The molecule has 1 aromatic heterocycles. The number of amides is 1. The van der Waals surface area contributed by atoms with Gasteiger partial charge in [0, 0.05) is 24.0 Å². The van der Waals surface area contributed by atoms with Gasteiger partial charge >= 0.3 is 6.09 Å². The van der Waals surface area contributed by atoms with Crippen molar-refractivity contribution >= 4 is 29.5 Å². The van der Waals surface area contributed by atoms with Gasteiger partial charge in [0.05, 0.1) is 0 Å². The van der Waals surface area contributed by atoms with Gasteiger partial charge in [-0.05, 0) is 81.5 Å². The third kappa shape index (κ3) is 3.89. The number of H-pyrrole nitrogens is 1. The van der Waals surface area contributed by atoms with Crippen LogP contribution in [0.2, 0.25) is 0 Å². The van der Waals surface area contributed by atoms with Gasteiger partial charge in [-0.2, -0.15) is 4.98 Å². The number of aromatic amines is 1. The minimum Gasteiger partial charge on any atom is -0.444 e. The molecule has 7 nitrogen and oxygen atoms in total. The van der Waals surface area contributed by atoms with Crippen LogP contribution in [0.4, 0.5) is 16.4 Å². The highest BCUT2D eigenvalue weighted by molar-refractivity contribution is 7.99. The van der Waals surface area contributed by atoms with Crippen molar-refractivity contribution in [1.82, 2.24) is 20.1 Å². The van der Waals surface area contributed by atoms with Crippen molar-refractivity contribution in [1.29, 1.82) is 0 Å². The Hall–Kier alpha value is -2.22. The Labute approximate surface area is 181 Å². The van der Waals surface area contributed by atoms with E-state index in [0.29, 0.717) is 24.3 Å². The topological polar surface area (TPSA) is 83.1 Å². The summed E-state index contributed by atoms with van der Waals surface area (Å²) in [5.41, 5.74) is 6.75. The predicted octanol–water partition coefficient (Wildman–Crippen LogP) is 4.24. The summed E-state index contributed by atoms with van der Waals surface area (Å²) in [5.74, 6) is 0.704. The average Bonchev–Trinajstić information content (AvgIpc) is 3.36. The summed E-state index contributed by atoms with van der Waals surface area (Å²) < 4.78 is 5.41. The number of nitrogens with zero attached hydrogens (tertiary/aromatic N) is 3. The maximum absolute atomic E-state index is 12.1. The molecule has 0 radical (unpaired) electrons. The maximum Gasteiger partial charge on any atom is 0.410 e. The second-order valence-electron chi connectivity index (χ2n) is 9.45. The predicted molar refractivity (Wildman–Crippen MR) is 118 cm³/mol. The van der Waals surface area contributed by atoms with Crippen LogP contribution in [0.25, 0.3) is 0 Å². The number of carbonyl (C=O) groups excluding carboxylic acids is 1. The Kier molecular flexibility index (Phi) is 4.92. The fourth-order valence-electron chi connectivity index (χ4n) is 4.58. The largest absolute Gasteiger partial charge is 0.444 e. The van der Waals surface area contributed by atoms with Crippen LogP contribution in [0.15, 0.2) is 11.2 Å². The van der Waals surface area contributed by atoms with Gasteiger partial charge in [0.25, 0.3) is 0 Å². The van der Waals surface area contributed by atoms with Crippen LogP contribution in [0, 0.1) is 0 Å². The smallest absolute Gasteiger partial charge is 0.410 e. The van der Waals surface area contributed by atoms with Crippen LogP contribution in [0.5, 0.6) is 0 Å². The van der Waals surface area contributed by atoms with E-state index in [9.17, 15) is 4.79 Å². The van der Waals surface area contributed by atoms with E-state index >= 15 is 0 Å². The molecule has 3 aliphatic rings. The van der Waals surface area contributed by atoms with E-state index in [4.69, 9.17) is 4.74 Å². The average molecular weight is 428 g/mol. The van der Waals surface area contributed by atoms with E-state index < -0.39 is 5.60 Å². The van der Waals surface area contributed by atoms with Crippen LogP contribution >= 0.6 is 11.8 Å². The number of thioether (sulfide) groups is 1.